The molecule has 1 aromatic rings. The number of alkyl halides is 1. The Labute approximate surface area is 119 Å². The number of rotatable bonds is 6. The van der Waals surface area contributed by atoms with Crippen LogP contribution in [0.4, 0.5) is 10.1 Å². The quantitative estimate of drug-likeness (QED) is 0.459. The number of carbonyl (C=O) groups excluding carboxylic acids is 1. The smallest absolute Gasteiger partial charge is 0.342 e. The van der Waals surface area contributed by atoms with Crippen molar-refractivity contribution in [2.75, 3.05) is 13.7 Å². The Kier molecular flexibility index (Phi) is 5.42. The van der Waals surface area contributed by atoms with Crippen molar-refractivity contribution >= 4 is 11.7 Å². The van der Waals surface area contributed by atoms with Gasteiger partial charge in [-0.05, 0) is 18.6 Å². The number of hydrogen-bond donors (Lipinski definition) is 2. The minimum absolute atomic E-state index is 0.0228. The molecule has 116 valence electrons. The van der Waals surface area contributed by atoms with Gasteiger partial charge in [0.1, 0.15) is 0 Å². The Bertz CT molecular complexity index is 551. The van der Waals surface area contributed by atoms with Gasteiger partial charge < -0.3 is 20.3 Å². The molecule has 0 spiro atoms. The van der Waals surface area contributed by atoms with Crippen LogP contribution in [0.3, 0.4) is 0 Å². The van der Waals surface area contributed by atoms with Gasteiger partial charge in [0.15, 0.2) is 5.75 Å². The molecule has 3 N–H and O–H groups in total. The van der Waals surface area contributed by atoms with Crippen molar-refractivity contribution in [3.8, 4) is 11.5 Å². The number of halogens is 1. The molecule has 1 aromatic carbocycles. The second-order valence-corrected chi connectivity index (χ2v) is 4.03. The summed E-state index contributed by atoms with van der Waals surface area (Å²) in [5, 5.41) is 20.4. The van der Waals surface area contributed by atoms with Crippen LogP contribution in [0.2, 0.25) is 0 Å². The van der Waals surface area contributed by atoms with E-state index in [1.807, 2.05) is 0 Å². The first kappa shape index (κ1) is 16.6. The van der Waals surface area contributed by atoms with Crippen molar-refractivity contribution in [3.63, 3.8) is 0 Å². The number of benzene rings is 1. The number of ether oxygens (including phenoxy) is 2. The number of nitro groups is 1. The average molecular weight is 302 g/mol. The maximum Gasteiger partial charge on any atom is 0.342 e. The van der Waals surface area contributed by atoms with E-state index in [-0.39, 0.29) is 17.9 Å². The molecule has 0 aliphatic heterocycles. The molecule has 2 atom stereocenters. The highest BCUT2D eigenvalue weighted by Crippen LogP contribution is 2.38. The number of phenolic OH excluding ortho intramolecular Hbond substituents is 1. The summed E-state index contributed by atoms with van der Waals surface area (Å²) in [7, 11) is 1.17. The maximum absolute atomic E-state index is 13.9. The lowest BCUT2D eigenvalue weighted by molar-refractivity contribution is -0.386. The van der Waals surface area contributed by atoms with Gasteiger partial charge in [-0.2, -0.15) is 0 Å². The molecule has 0 heterocycles. The fourth-order valence-corrected chi connectivity index (χ4v) is 1.64. The van der Waals surface area contributed by atoms with Crippen LogP contribution in [0.1, 0.15) is 18.5 Å². The Morgan fingerprint density at radius 2 is 2.19 bits per heavy atom. The molecule has 0 aliphatic rings. The molecule has 1 rings (SSSR count). The monoisotopic (exact) mass is 302 g/mol. The average Bonchev–Trinajstić information content (AvgIpc) is 2.45. The van der Waals surface area contributed by atoms with Gasteiger partial charge in [0, 0.05) is 6.07 Å². The van der Waals surface area contributed by atoms with E-state index >= 15 is 0 Å². The van der Waals surface area contributed by atoms with Gasteiger partial charge in [-0.15, -0.1) is 0 Å². The number of esters is 1. The van der Waals surface area contributed by atoms with Gasteiger partial charge in [-0.25, -0.2) is 9.18 Å². The van der Waals surface area contributed by atoms with Crippen LogP contribution in [0.25, 0.3) is 0 Å². The van der Waals surface area contributed by atoms with Gasteiger partial charge in [-0.1, -0.05) is 0 Å². The van der Waals surface area contributed by atoms with Gasteiger partial charge in [-0.3, -0.25) is 10.1 Å². The highest BCUT2D eigenvalue weighted by Gasteiger charge is 2.31. The molecule has 21 heavy (non-hydrogen) atoms. The zero-order valence-corrected chi connectivity index (χ0v) is 11.4. The van der Waals surface area contributed by atoms with Crippen molar-refractivity contribution in [2.24, 2.45) is 5.73 Å². The topological polar surface area (TPSA) is 125 Å². The van der Waals surface area contributed by atoms with Crippen molar-refractivity contribution in [3.05, 3.63) is 27.8 Å². The van der Waals surface area contributed by atoms with E-state index in [1.165, 1.54) is 14.0 Å². The van der Waals surface area contributed by atoms with Gasteiger partial charge in [0.2, 0.25) is 11.9 Å². The lowest BCUT2D eigenvalue weighted by Crippen LogP contribution is -2.31. The predicted molar refractivity (Wildman–Crippen MR) is 69.8 cm³/mol. The van der Waals surface area contributed by atoms with E-state index in [0.29, 0.717) is 0 Å². The third-order valence-corrected chi connectivity index (χ3v) is 2.71. The summed E-state index contributed by atoms with van der Waals surface area (Å²) >= 11 is 0. The summed E-state index contributed by atoms with van der Waals surface area (Å²) in [4.78, 5) is 21.3. The number of hydrogen-bond acceptors (Lipinski definition) is 7. The zero-order chi connectivity index (χ0) is 16.2. The molecular formula is C12H15FN2O6. The molecule has 0 radical (unpaired) electrons. The third kappa shape index (κ3) is 3.57. The van der Waals surface area contributed by atoms with Gasteiger partial charge in [0.25, 0.3) is 0 Å². The summed E-state index contributed by atoms with van der Waals surface area (Å²) in [6.07, 6.45) is -2.20. The number of methoxy groups -OCH3 is 1. The molecule has 0 amide bonds. The Morgan fingerprint density at radius 3 is 2.67 bits per heavy atom. The number of nitrogens with zero attached hydrogens (tertiary/aromatic N) is 1. The molecule has 0 bridgehead atoms. The fraction of sp³-hybridized carbons (Fsp3) is 0.417. The molecule has 0 fully saturated rings. The second-order valence-electron chi connectivity index (χ2n) is 4.03. The largest absolute Gasteiger partial charge is 0.500 e. The van der Waals surface area contributed by atoms with Crippen LogP contribution in [-0.2, 0) is 9.53 Å². The van der Waals surface area contributed by atoms with Gasteiger partial charge in [0.05, 0.1) is 24.7 Å². The molecule has 0 aliphatic carbocycles. The van der Waals surface area contributed by atoms with Crippen LogP contribution in [0.15, 0.2) is 12.1 Å². The molecular weight excluding hydrogens is 287 g/mol. The summed E-state index contributed by atoms with van der Waals surface area (Å²) in [5.41, 5.74) is 4.81. The predicted octanol–water partition coefficient (Wildman–Crippen LogP) is 1.21. The normalized spacial score (nSPS) is 13.3. The maximum atomic E-state index is 13.9. The minimum atomic E-state index is -2.20. The zero-order valence-electron chi connectivity index (χ0n) is 11.4. The van der Waals surface area contributed by atoms with E-state index in [1.54, 1.807) is 0 Å². The Balaban J connectivity index is 3.20. The molecule has 0 aromatic heterocycles. The van der Waals surface area contributed by atoms with E-state index in [2.05, 4.69) is 4.74 Å². The fourth-order valence-electron chi connectivity index (χ4n) is 1.64. The van der Waals surface area contributed by atoms with Crippen LogP contribution in [-0.4, -0.2) is 35.9 Å². The van der Waals surface area contributed by atoms with Crippen LogP contribution < -0.4 is 10.5 Å². The summed E-state index contributed by atoms with van der Waals surface area (Å²) in [6.45, 7) is 1.48. The van der Waals surface area contributed by atoms with Crippen molar-refractivity contribution in [1.29, 1.82) is 0 Å². The summed E-state index contributed by atoms with van der Waals surface area (Å²) < 4.78 is 23.1. The first-order chi connectivity index (χ1) is 9.83. The first-order valence-electron chi connectivity index (χ1n) is 5.95. The molecule has 0 saturated carbocycles. The van der Waals surface area contributed by atoms with E-state index in [0.717, 1.165) is 12.1 Å². The third-order valence-electron chi connectivity index (χ3n) is 2.71. The van der Waals surface area contributed by atoms with E-state index < -0.39 is 34.5 Å². The first-order valence-corrected chi connectivity index (χ1v) is 5.95. The van der Waals surface area contributed by atoms with Crippen LogP contribution in [0, 0.1) is 10.1 Å². The standard InChI is InChI=1S/C12H15FN2O6/c1-3-21-12(17)9(13)10(14)6-4-7(15(18)19)11(16)8(5-6)20-2/h4-5,9-10,16H,3,14H2,1-2H3/t9?,10-/m0/s1. The summed E-state index contributed by atoms with van der Waals surface area (Å²) in [6, 6.07) is 0.518. The number of phenols is 1. The molecule has 8 nitrogen and oxygen atoms in total. The summed E-state index contributed by atoms with van der Waals surface area (Å²) in [5.74, 6) is -2.12. The lowest BCUT2D eigenvalue weighted by Gasteiger charge is -2.17. The molecule has 9 heteroatoms. The number of nitrogens with two attached hydrogens (primary N) is 1. The Morgan fingerprint density at radius 1 is 1.57 bits per heavy atom. The number of carbonyl (C=O) groups is 1. The van der Waals surface area contributed by atoms with E-state index in [4.69, 9.17) is 10.5 Å². The second kappa shape index (κ2) is 6.84. The number of aromatic hydroxyl groups is 1. The van der Waals surface area contributed by atoms with Crippen LogP contribution in [0.5, 0.6) is 11.5 Å². The van der Waals surface area contributed by atoms with Crippen molar-refractivity contribution in [2.45, 2.75) is 19.1 Å². The SMILES string of the molecule is CCOC(=O)C(F)[C@@H](N)c1cc(OC)c(O)c([N+](=O)[O-])c1. The molecule has 0 saturated heterocycles. The van der Waals surface area contributed by atoms with Crippen molar-refractivity contribution in [1.82, 2.24) is 0 Å². The number of nitro benzene ring substituents is 1. The highest BCUT2D eigenvalue weighted by atomic mass is 19.1. The van der Waals surface area contributed by atoms with Gasteiger partial charge >= 0.3 is 11.7 Å². The minimum Gasteiger partial charge on any atom is -0.500 e. The van der Waals surface area contributed by atoms with Crippen LogP contribution >= 0.6 is 0 Å². The molecule has 1 unspecified atom stereocenters. The highest BCUT2D eigenvalue weighted by molar-refractivity contribution is 5.76. The lowest BCUT2D eigenvalue weighted by atomic mass is 10.0. The Hall–Kier alpha value is -2.42. The van der Waals surface area contributed by atoms with Crippen molar-refractivity contribution < 1.29 is 28.7 Å². The van der Waals surface area contributed by atoms with E-state index in [9.17, 15) is 24.4 Å².